The number of pyridine rings is 1. The van der Waals surface area contributed by atoms with E-state index in [-0.39, 0.29) is 11.8 Å². The summed E-state index contributed by atoms with van der Waals surface area (Å²) in [7, 11) is 1.61. The van der Waals surface area contributed by atoms with Gasteiger partial charge in [-0.2, -0.15) is 0 Å². The quantitative estimate of drug-likeness (QED) is 0.934. The second kappa shape index (κ2) is 7.01. The molecule has 0 radical (unpaired) electrons. The van der Waals surface area contributed by atoms with Crippen LogP contribution >= 0.6 is 0 Å². The van der Waals surface area contributed by atoms with Crippen molar-refractivity contribution in [1.82, 2.24) is 9.88 Å². The number of benzene rings is 1. The number of β-amino-alcohol motifs (C(OH)–C–C–N with tert-alkyl or cyclic N) is 1. The molecule has 1 aliphatic heterocycles. The van der Waals surface area contributed by atoms with E-state index in [9.17, 15) is 9.90 Å². The Morgan fingerprint density at radius 2 is 2.04 bits per heavy atom. The van der Waals surface area contributed by atoms with Gasteiger partial charge in [0, 0.05) is 37.0 Å². The molecular weight excluding hydrogens is 304 g/mol. The van der Waals surface area contributed by atoms with E-state index in [4.69, 9.17) is 4.74 Å². The average molecular weight is 326 g/mol. The number of nitrogens with zero attached hydrogens (tertiary/aromatic N) is 2. The summed E-state index contributed by atoms with van der Waals surface area (Å²) in [4.78, 5) is 18.5. The van der Waals surface area contributed by atoms with Gasteiger partial charge in [-0.3, -0.25) is 9.78 Å². The molecule has 126 valence electrons. The number of rotatable bonds is 4. The van der Waals surface area contributed by atoms with Crippen molar-refractivity contribution in [3.05, 3.63) is 59.4 Å². The molecule has 2 aromatic rings. The van der Waals surface area contributed by atoms with Crippen molar-refractivity contribution in [3.8, 4) is 5.75 Å². The topological polar surface area (TPSA) is 62.7 Å². The number of carbonyl (C=O) groups is 1. The van der Waals surface area contributed by atoms with Gasteiger partial charge in [-0.15, -0.1) is 0 Å². The second-order valence-electron chi connectivity index (χ2n) is 6.28. The molecule has 1 aromatic carbocycles. The van der Waals surface area contributed by atoms with E-state index < -0.39 is 6.10 Å². The average Bonchev–Trinajstić information content (AvgIpc) is 2.96. The van der Waals surface area contributed by atoms with Gasteiger partial charge in [0.05, 0.1) is 13.2 Å². The number of methoxy groups -OCH3 is 1. The highest BCUT2D eigenvalue weighted by molar-refractivity contribution is 5.96. The largest absolute Gasteiger partial charge is 0.497 e. The SMILES string of the molecule is COc1ccc(C(=O)N2C[C@@H](Cc3ccncc3)[C@H](O)C2)c(C)c1. The van der Waals surface area contributed by atoms with Gasteiger partial charge in [-0.05, 0) is 54.8 Å². The minimum Gasteiger partial charge on any atom is -0.497 e. The van der Waals surface area contributed by atoms with E-state index in [1.807, 2.05) is 25.1 Å². The maximum absolute atomic E-state index is 12.8. The Morgan fingerprint density at radius 3 is 2.71 bits per heavy atom. The molecule has 5 heteroatoms. The van der Waals surface area contributed by atoms with E-state index in [0.29, 0.717) is 18.7 Å². The summed E-state index contributed by atoms with van der Waals surface area (Å²) in [5.74, 6) is 0.752. The lowest BCUT2D eigenvalue weighted by molar-refractivity contribution is 0.0764. The summed E-state index contributed by atoms with van der Waals surface area (Å²) in [6, 6.07) is 9.34. The zero-order valence-electron chi connectivity index (χ0n) is 14.0. The number of carbonyl (C=O) groups excluding carboxylic acids is 1. The number of amides is 1. The van der Waals surface area contributed by atoms with Gasteiger partial charge in [-0.25, -0.2) is 0 Å². The summed E-state index contributed by atoms with van der Waals surface area (Å²) in [6.07, 6.45) is 3.75. The highest BCUT2D eigenvalue weighted by atomic mass is 16.5. The molecule has 3 rings (SSSR count). The molecule has 1 saturated heterocycles. The van der Waals surface area contributed by atoms with Crippen LogP contribution in [0.5, 0.6) is 5.75 Å². The van der Waals surface area contributed by atoms with Crippen molar-refractivity contribution >= 4 is 5.91 Å². The van der Waals surface area contributed by atoms with Gasteiger partial charge in [0.15, 0.2) is 0 Å². The molecular formula is C19H22N2O3. The van der Waals surface area contributed by atoms with E-state index in [1.54, 1.807) is 36.5 Å². The Kier molecular flexibility index (Phi) is 4.81. The number of aliphatic hydroxyl groups excluding tert-OH is 1. The smallest absolute Gasteiger partial charge is 0.254 e. The summed E-state index contributed by atoms with van der Waals surface area (Å²) in [6.45, 7) is 2.84. The second-order valence-corrected chi connectivity index (χ2v) is 6.28. The van der Waals surface area contributed by atoms with Gasteiger partial charge < -0.3 is 14.7 Å². The van der Waals surface area contributed by atoms with Crippen molar-refractivity contribution in [2.45, 2.75) is 19.4 Å². The van der Waals surface area contributed by atoms with Crippen LogP contribution < -0.4 is 4.74 Å². The Balaban J connectivity index is 1.71. The molecule has 0 aliphatic carbocycles. The molecule has 5 nitrogen and oxygen atoms in total. The first-order valence-corrected chi connectivity index (χ1v) is 8.09. The molecule has 1 fully saturated rings. The molecule has 1 N–H and O–H groups in total. The number of hydrogen-bond donors (Lipinski definition) is 1. The summed E-state index contributed by atoms with van der Waals surface area (Å²) >= 11 is 0. The van der Waals surface area contributed by atoms with Crippen LogP contribution in [-0.2, 0) is 6.42 Å². The fraction of sp³-hybridized carbons (Fsp3) is 0.368. The van der Waals surface area contributed by atoms with Crippen LogP contribution in [0.15, 0.2) is 42.7 Å². The molecule has 0 bridgehead atoms. The van der Waals surface area contributed by atoms with E-state index in [2.05, 4.69) is 4.98 Å². The molecule has 0 spiro atoms. The monoisotopic (exact) mass is 326 g/mol. The molecule has 2 heterocycles. The zero-order chi connectivity index (χ0) is 17.1. The first-order valence-electron chi connectivity index (χ1n) is 8.09. The lowest BCUT2D eigenvalue weighted by atomic mass is 9.97. The lowest BCUT2D eigenvalue weighted by Gasteiger charge is -2.18. The third-order valence-electron chi connectivity index (χ3n) is 4.60. The molecule has 24 heavy (non-hydrogen) atoms. The molecule has 2 atom stereocenters. The summed E-state index contributed by atoms with van der Waals surface area (Å²) in [5, 5.41) is 10.3. The number of aliphatic hydroxyl groups is 1. The maximum atomic E-state index is 12.8. The molecule has 0 unspecified atom stereocenters. The zero-order valence-corrected chi connectivity index (χ0v) is 14.0. The highest BCUT2D eigenvalue weighted by Gasteiger charge is 2.34. The first kappa shape index (κ1) is 16.5. The van der Waals surface area contributed by atoms with Crippen molar-refractivity contribution in [2.75, 3.05) is 20.2 Å². The van der Waals surface area contributed by atoms with Crippen LogP contribution in [0.4, 0.5) is 0 Å². The van der Waals surface area contributed by atoms with Crippen LogP contribution in [0, 0.1) is 12.8 Å². The maximum Gasteiger partial charge on any atom is 0.254 e. The van der Waals surface area contributed by atoms with E-state index in [0.717, 1.165) is 23.3 Å². The predicted octanol–water partition coefficient (Wildman–Crippen LogP) is 2.07. The third-order valence-corrected chi connectivity index (χ3v) is 4.60. The van der Waals surface area contributed by atoms with Gasteiger partial charge in [0.2, 0.25) is 0 Å². The van der Waals surface area contributed by atoms with Gasteiger partial charge in [0.1, 0.15) is 5.75 Å². The molecule has 0 saturated carbocycles. The van der Waals surface area contributed by atoms with Crippen molar-refractivity contribution in [3.63, 3.8) is 0 Å². The predicted molar refractivity (Wildman–Crippen MR) is 91.1 cm³/mol. The van der Waals surface area contributed by atoms with Gasteiger partial charge in [0.25, 0.3) is 5.91 Å². The Labute approximate surface area is 141 Å². The van der Waals surface area contributed by atoms with Crippen molar-refractivity contribution < 1.29 is 14.6 Å². The van der Waals surface area contributed by atoms with Gasteiger partial charge in [-0.1, -0.05) is 0 Å². The van der Waals surface area contributed by atoms with Gasteiger partial charge >= 0.3 is 0 Å². The lowest BCUT2D eigenvalue weighted by Crippen LogP contribution is -2.30. The molecule has 1 aliphatic rings. The normalized spacial score (nSPS) is 20.2. The minimum atomic E-state index is -0.499. The first-order chi connectivity index (χ1) is 11.6. The minimum absolute atomic E-state index is 0.0357. The fourth-order valence-electron chi connectivity index (χ4n) is 3.22. The standard InChI is InChI=1S/C19H22N2O3/c1-13-9-16(24-2)3-4-17(13)19(23)21-11-15(18(22)12-21)10-14-5-7-20-8-6-14/h3-9,15,18,22H,10-12H2,1-2H3/t15-,18-/m1/s1. The van der Waals surface area contributed by atoms with E-state index in [1.165, 1.54) is 0 Å². The van der Waals surface area contributed by atoms with Crippen molar-refractivity contribution in [1.29, 1.82) is 0 Å². The van der Waals surface area contributed by atoms with Crippen molar-refractivity contribution in [2.24, 2.45) is 5.92 Å². The number of aromatic nitrogens is 1. The van der Waals surface area contributed by atoms with Crippen LogP contribution in [0.1, 0.15) is 21.5 Å². The number of likely N-dealkylation sites (tertiary alicyclic amines) is 1. The Hall–Kier alpha value is -2.40. The summed E-state index contributed by atoms with van der Waals surface area (Å²) in [5.41, 5.74) is 2.67. The Morgan fingerprint density at radius 1 is 1.29 bits per heavy atom. The van der Waals surface area contributed by atoms with Crippen LogP contribution in [-0.4, -0.2) is 47.2 Å². The number of hydrogen-bond acceptors (Lipinski definition) is 4. The molecule has 1 amide bonds. The highest BCUT2D eigenvalue weighted by Crippen LogP contribution is 2.25. The van der Waals surface area contributed by atoms with E-state index >= 15 is 0 Å². The number of aryl methyl sites for hydroxylation is 1. The number of ether oxygens (including phenoxy) is 1. The fourth-order valence-corrected chi connectivity index (χ4v) is 3.22. The van der Waals surface area contributed by atoms with Crippen LogP contribution in [0.3, 0.4) is 0 Å². The van der Waals surface area contributed by atoms with Crippen LogP contribution in [0.25, 0.3) is 0 Å². The third kappa shape index (κ3) is 3.41. The Bertz CT molecular complexity index is 718. The van der Waals surface area contributed by atoms with Crippen LogP contribution in [0.2, 0.25) is 0 Å². The summed E-state index contributed by atoms with van der Waals surface area (Å²) < 4.78 is 5.19. The molecule has 1 aromatic heterocycles.